The average molecular weight is 475 g/mol. The minimum Gasteiger partial charge on any atom is -0.481 e. The number of aliphatic carboxylic acids is 1. The number of rotatable bonds is 7. The van der Waals surface area contributed by atoms with Crippen LogP contribution in [0.15, 0.2) is 34.7 Å². The van der Waals surface area contributed by atoms with E-state index in [2.05, 4.69) is 22.1 Å². The quantitative estimate of drug-likeness (QED) is 0.351. The molecule has 2 aromatic heterocycles. The van der Waals surface area contributed by atoms with Crippen LogP contribution in [0.1, 0.15) is 30.2 Å². The Hall–Kier alpha value is -3.46. The Bertz CT molecular complexity index is 1360. The minimum absolute atomic E-state index is 0.0160. The number of pyridine rings is 1. The molecule has 0 amide bonds. The normalized spacial score (nSPS) is 12.3. The lowest BCUT2D eigenvalue weighted by Gasteiger charge is -2.17. The van der Waals surface area contributed by atoms with Gasteiger partial charge in [-0.15, -0.1) is 0 Å². The first-order valence-electron chi connectivity index (χ1n) is 9.76. The van der Waals surface area contributed by atoms with Crippen LogP contribution in [0.2, 0.25) is 0 Å². The number of aliphatic hydroxyl groups excluding tert-OH is 1. The van der Waals surface area contributed by atoms with Gasteiger partial charge in [0.2, 0.25) is 15.7 Å². The summed E-state index contributed by atoms with van der Waals surface area (Å²) in [5, 5.41) is 22.5. The van der Waals surface area contributed by atoms with Crippen LogP contribution in [0.5, 0.6) is 0 Å². The van der Waals surface area contributed by atoms with Gasteiger partial charge in [0.25, 0.3) is 0 Å². The third-order valence-electron chi connectivity index (χ3n) is 4.84. The van der Waals surface area contributed by atoms with Gasteiger partial charge in [-0.1, -0.05) is 11.8 Å². The summed E-state index contributed by atoms with van der Waals surface area (Å²) in [7, 11) is -0.872. The monoisotopic (exact) mass is 475 g/mol. The number of aromatic nitrogens is 1. The average Bonchev–Trinajstić information content (AvgIpc) is 3.13. The molecule has 0 saturated heterocycles. The zero-order chi connectivity index (χ0) is 24.3. The zero-order valence-corrected chi connectivity index (χ0v) is 18.9. The summed E-state index contributed by atoms with van der Waals surface area (Å²) in [4.78, 5) is 15.1. The van der Waals surface area contributed by atoms with Crippen molar-refractivity contribution < 1.29 is 32.2 Å². The molecule has 1 aromatic carbocycles. The predicted octanol–water partition coefficient (Wildman–Crippen LogP) is 2.46. The van der Waals surface area contributed by atoms with Crippen LogP contribution in [0.3, 0.4) is 0 Å². The fourth-order valence-electron chi connectivity index (χ4n) is 3.08. The van der Waals surface area contributed by atoms with Gasteiger partial charge in [-0.3, -0.25) is 14.4 Å². The molecule has 0 spiro atoms. The summed E-state index contributed by atoms with van der Waals surface area (Å²) < 4.78 is 44.6. The zero-order valence-electron chi connectivity index (χ0n) is 18.1. The maximum Gasteiger partial charge on any atom is 0.304 e. The molecular formula is C22H22FN3O6S. The largest absolute Gasteiger partial charge is 0.481 e. The number of benzene rings is 1. The lowest BCUT2D eigenvalue weighted by Crippen LogP contribution is -2.26. The van der Waals surface area contributed by atoms with Crippen LogP contribution >= 0.6 is 0 Å². The van der Waals surface area contributed by atoms with Crippen molar-refractivity contribution in [3.05, 3.63) is 47.3 Å². The summed E-state index contributed by atoms with van der Waals surface area (Å²) in [6.45, 7) is 0. The summed E-state index contributed by atoms with van der Waals surface area (Å²) in [5.41, 5.74) is 1.04. The maximum absolute atomic E-state index is 13.4. The van der Waals surface area contributed by atoms with Gasteiger partial charge in [-0.2, -0.15) is 4.98 Å². The molecule has 0 aliphatic heterocycles. The van der Waals surface area contributed by atoms with Crippen molar-refractivity contribution in [1.82, 2.24) is 10.3 Å². The number of nitrogens with zero attached hydrogens (tertiary/aromatic N) is 2. The SMILES string of the molecule is CNC(O)c1c(-c2ccc(F)cc2)oc2nc(N(C)S(C)(=O)=O)c(C#CCCC(=O)O)cc12. The Kier molecular flexibility index (Phi) is 7.02. The van der Waals surface area contributed by atoms with Gasteiger partial charge < -0.3 is 14.6 Å². The summed E-state index contributed by atoms with van der Waals surface area (Å²) in [6, 6.07) is 6.98. The third-order valence-corrected chi connectivity index (χ3v) is 6.00. The van der Waals surface area contributed by atoms with Gasteiger partial charge >= 0.3 is 5.97 Å². The number of nitrogens with one attached hydrogen (secondary N) is 1. The molecule has 0 aliphatic carbocycles. The number of carboxylic acids is 1. The van der Waals surface area contributed by atoms with Crippen molar-refractivity contribution in [2.45, 2.75) is 19.1 Å². The fourth-order valence-corrected chi connectivity index (χ4v) is 3.53. The number of carboxylic acid groups (broad SMARTS) is 1. The summed E-state index contributed by atoms with van der Waals surface area (Å²) in [6.07, 6.45) is -0.306. The van der Waals surface area contributed by atoms with Crippen LogP contribution in [-0.4, -0.2) is 49.9 Å². The standard InChI is InChI=1S/C22H22FN3O6S/c1-24-21(29)18-16-12-14(6-4-5-7-17(27)28)20(26(2)33(3,30)31)25-22(16)32-19(18)13-8-10-15(23)11-9-13/h8-12,21,24,29H,5,7H2,1-3H3,(H,27,28). The van der Waals surface area contributed by atoms with Crippen molar-refractivity contribution in [2.75, 3.05) is 24.7 Å². The van der Waals surface area contributed by atoms with Crippen molar-refractivity contribution in [1.29, 1.82) is 0 Å². The van der Waals surface area contributed by atoms with Gasteiger partial charge in [-0.05, 0) is 37.4 Å². The second-order valence-electron chi connectivity index (χ2n) is 7.18. The van der Waals surface area contributed by atoms with E-state index in [1.165, 1.54) is 44.4 Å². The fraction of sp³-hybridized carbons (Fsp3) is 0.273. The first kappa shape index (κ1) is 24.2. The molecular weight excluding hydrogens is 453 g/mol. The number of anilines is 1. The Morgan fingerprint density at radius 2 is 2.00 bits per heavy atom. The van der Waals surface area contributed by atoms with Gasteiger partial charge in [-0.25, -0.2) is 12.8 Å². The molecule has 2 heterocycles. The van der Waals surface area contributed by atoms with Crippen LogP contribution in [0.4, 0.5) is 10.2 Å². The van der Waals surface area contributed by atoms with Crippen LogP contribution in [0.25, 0.3) is 22.4 Å². The van der Waals surface area contributed by atoms with Crippen molar-refractivity contribution >= 4 is 32.9 Å². The summed E-state index contributed by atoms with van der Waals surface area (Å²) in [5.74, 6) is 4.24. The Morgan fingerprint density at radius 3 is 2.58 bits per heavy atom. The van der Waals surface area contributed by atoms with Gasteiger partial charge in [0.05, 0.1) is 23.8 Å². The third kappa shape index (κ3) is 5.31. The minimum atomic E-state index is -3.71. The lowest BCUT2D eigenvalue weighted by atomic mass is 10.0. The van der Waals surface area contributed by atoms with E-state index in [1.54, 1.807) is 0 Å². The second-order valence-corrected chi connectivity index (χ2v) is 9.19. The Labute approximate surface area is 189 Å². The molecule has 0 saturated carbocycles. The molecule has 9 nitrogen and oxygen atoms in total. The number of hydrogen-bond donors (Lipinski definition) is 3. The van der Waals surface area contributed by atoms with Crippen LogP contribution < -0.4 is 9.62 Å². The lowest BCUT2D eigenvalue weighted by molar-refractivity contribution is -0.136. The van der Waals surface area contributed by atoms with E-state index in [0.29, 0.717) is 16.5 Å². The van der Waals surface area contributed by atoms with Crippen molar-refractivity contribution in [3.63, 3.8) is 0 Å². The van der Waals surface area contributed by atoms with Gasteiger partial charge in [0.15, 0.2) is 5.82 Å². The number of furan rings is 1. The highest BCUT2D eigenvalue weighted by Crippen LogP contribution is 2.38. The van der Waals surface area contributed by atoms with E-state index >= 15 is 0 Å². The number of sulfonamides is 1. The molecule has 0 fully saturated rings. The van der Waals surface area contributed by atoms with E-state index in [4.69, 9.17) is 9.52 Å². The molecule has 3 aromatic rings. The van der Waals surface area contributed by atoms with E-state index in [0.717, 1.165) is 10.6 Å². The number of hydrogen-bond acceptors (Lipinski definition) is 7. The number of fused-ring (bicyclic) bond motifs is 1. The van der Waals surface area contributed by atoms with Crippen molar-refractivity contribution in [2.24, 2.45) is 0 Å². The highest BCUT2D eigenvalue weighted by molar-refractivity contribution is 7.92. The molecule has 3 rings (SSSR count). The molecule has 33 heavy (non-hydrogen) atoms. The molecule has 3 N–H and O–H groups in total. The first-order chi connectivity index (χ1) is 15.5. The predicted molar refractivity (Wildman–Crippen MR) is 120 cm³/mol. The number of aliphatic hydroxyl groups is 1. The number of carbonyl (C=O) groups is 1. The molecule has 1 atom stereocenters. The Morgan fingerprint density at radius 1 is 1.33 bits per heavy atom. The number of halogens is 1. The van der Waals surface area contributed by atoms with Gasteiger partial charge in [0.1, 0.15) is 17.8 Å². The maximum atomic E-state index is 13.4. The van der Waals surface area contributed by atoms with Gasteiger partial charge in [0, 0.05) is 24.4 Å². The molecule has 0 bridgehead atoms. The molecule has 1 unspecified atom stereocenters. The molecule has 11 heteroatoms. The summed E-state index contributed by atoms with van der Waals surface area (Å²) >= 11 is 0. The first-order valence-corrected chi connectivity index (χ1v) is 11.6. The highest BCUT2D eigenvalue weighted by atomic mass is 32.2. The van der Waals surface area contributed by atoms with Crippen molar-refractivity contribution in [3.8, 4) is 23.2 Å². The molecule has 0 radical (unpaired) electrons. The smallest absolute Gasteiger partial charge is 0.304 e. The van der Waals surface area contributed by atoms with E-state index in [9.17, 15) is 22.7 Å². The topological polar surface area (TPSA) is 133 Å². The molecule has 174 valence electrons. The van der Waals surface area contributed by atoms with Crippen LogP contribution in [0, 0.1) is 17.7 Å². The molecule has 0 aliphatic rings. The van der Waals surface area contributed by atoms with Crippen LogP contribution in [-0.2, 0) is 14.8 Å². The second kappa shape index (κ2) is 9.58. The Balaban J connectivity index is 2.28. The van der Waals surface area contributed by atoms with E-state index in [1.807, 2.05) is 0 Å². The van der Waals surface area contributed by atoms with E-state index in [-0.39, 0.29) is 35.7 Å². The van der Waals surface area contributed by atoms with E-state index < -0.39 is 28.0 Å². The highest BCUT2D eigenvalue weighted by Gasteiger charge is 2.26.